The van der Waals surface area contributed by atoms with Crippen molar-refractivity contribution in [1.82, 2.24) is 0 Å². The van der Waals surface area contributed by atoms with Crippen LogP contribution in [0.1, 0.15) is 40.0 Å². The molecule has 17 heavy (non-hydrogen) atoms. The van der Waals surface area contributed by atoms with Gasteiger partial charge in [-0.05, 0) is 33.6 Å². The Labute approximate surface area is 102 Å². The normalized spacial score (nSPS) is 31.6. The van der Waals surface area contributed by atoms with E-state index in [4.69, 9.17) is 9.47 Å². The van der Waals surface area contributed by atoms with E-state index in [0.717, 1.165) is 19.4 Å². The average Bonchev–Trinajstić information content (AvgIpc) is 2.61. The lowest BCUT2D eigenvalue weighted by Gasteiger charge is -2.19. The largest absolute Gasteiger partial charge is 0.460 e. The number of carbonyl (C=O) groups is 2. The van der Waals surface area contributed by atoms with Gasteiger partial charge in [-0.1, -0.05) is 0 Å². The van der Waals surface area contributed by atoms with Crippen LogP contribution < -0.4 is 0 Å². The second-order valence-electron chi connectivity index (χ2n) is 6.15. The van der Waals surface area contributed by atoms with Gasteiger partial charge < -0.3 is 9.47 Å². The molecule has 0 aromatic heterocycles. The Morgan fingerprint density at radius 2 is 2.12 bits per heavy atom. The summed E-state index contributed by atoms with van der Waals surface area (Å²) < 4.78 is 10.5. The Bertz CT molecular complexity index is 334. The third-order valence-electron chi connectivity index (χ3n) is 3.45. The zero-order chi connectivity index (χ0) is 12.7. The molecule has 4 nitrogen and oxygen atoms in total. The van der Waals surface area contributed by atoms with Crippen LogP contribution in [0.3, 0.4) is 0 Å². The molecule has 0 N–H and O–H groups in total. The van der Waals surface area contributed by atoms with Gasteiger partial charge in [0.05, 0.1) is 6.61 Å². The van der Waals surface area contributed by atoms with Gasteiger partial charge in [0, 0.05) is 17.9 Å². The highest BCUT2D eigenvalue weighted by Gasteiger charge is 2.59. The van der Waals surface area contributed by atoms with Gasteiger partial charge in [-0.25, -0.2) is 0 Å². The maximum Gasteiger partial charge on any atom is 0.313 e. The highest BCUT2D eigenvalue weighted by molar-refractivity contribution is 5.98. The molecule has 0 aromatic carbocycles. The summed E-state index contributed by atoms with van der Waals surface area (Å²) in [7, 11) is 0. The molecule has 1 saturated heterocycles. The van der Waals surface area contributed by atoms with E-state index >= 15 is 0 Å². The lowest BCUT2D eigenvalue weighted by atomic mass is 10.00. The van der Waals surface area contributed by atoms with Crippen molar-refractivity contribution in [2.45, 2.75) is 45.6 Å². The van der Waals surface area contributed by atoms with Crippen LogP contribution in [0.2, 0.25) is 0 Å². The van der Waals surface area contributed by atoms with Crippen LogP contribution in [0.15, 0.2) is 0 Å². The minimum Gasteiger partial charge on any atom is -0.460 e. The van der Waals surface area contributed by atoms with Gasteiger partial charge in [0.25, 0.3) is 0 Å². The van der Waals surface area contributed by atoms with E-state index in [1.807, 2.05) is 0 Å². The molecule has 0 radical (unpaired) electrons. The molecule has 0 aromatic rings. The van der Waals surface area contributed by atoms with E-state index in [9.17, 15) is 9.59 Å². The highest BCUT2D eigenvalue weighted by atomic mass is 16.6. The summed E-state index contributed by atoms with van der Waals surface area (Å²) in [6.07, 6.45) is 1.75. The van der Waals surface area contributed by atoms with Gasteiger partial charge in [0.2, 0.25) is 0 Å². The van der Waals surface area contributed by atoms with Crippen LogP contribution in [-0.2, 0) is 19.1 Å². The quantitative estimate of drug-likeness (QED) is 0.556. The van der Waals surface area contributed by atoms with E-state index in [2.05, 4.69) is 0 Å². The first-order chi connectivity index (χ1) is 7.82. The zero-order valence-corrected chi connectivity index (χ0v) is 10.7. The van der Waals surface area contributed by atoms with Crippen LogP contribution in [0.4, 0.5) is 0 Å². The molecule has 2 aliphatic rings. The first-order valence-corrected chi connectivity index (χ1v) is 6.15. The molecule has 1 spiro atoms. The number of rotatable bonds is 3. The summed E-state index contributed by atoms with van der Waals surface area (Å²) in [5.74, 6) is -0.370. The van der Waals surface area contributed by atoms with Crippen molar-refractivity contribution >= 4 is 11.8 Å². The smallest absolute Gasteiger partial charge is 0.313 e. The van der Waals surface area contributed by atoms with Crippen LogP contribution in [0, 0.1) is 11.3 Å². The number of esters is 1. The monoisotopic (exact) mass is 240 g/mol. The summed E-state index contributed by atoms with van der Waals surface area (Å²) in [5.41, 5.74) is -0.450. The number of ketones is 1. The fourth-order valence-electron chi connectivity index (χ4n) is 2.50. The molecule has 1 heterocycles. The molecule has 2 rings (SSSR count). The van der Waals surface area contributed by atoms with Crippen molar-refractivity contribution in [2.24, 2.45) is 11.3 Å². The summed E-state index contributed by atoms with van der Waals surface area (Å²) in [5, 5.41) is 0. The van der Waals surface area contributed by atoms with Gasteiger partial charge in [-0.2, -0.15) is 0 Å². The van der Waals surface area contributed by atoms with E-state index < -0.39 is 11.6 Å². The molecule has 0 amide bonds. The molecule has 2 fully saturated rings. The Hall–Kier alpha value is -0.900. The third kappa shape index (κ3) is 2.86. The number of hydrogen-bond donors (Lipinski definition) is 0. The van der Waals surface area contributed by atoms with Crippen molar-refractivity contribution in [3.63, 3.8) is 0 Å². The van der Waals surface area contributed by atoms with Gasteiger partial charge in [-0.3, -0.25) is 9.59 Å². The summed E-state index contributed by atoms with van der Waals surface area (Å²) in [4.78, 5) is 23.4. The van der Waals surface area contributed by atoms with Crippen LogP contribution in [0.5, 0.6) is 0 Å². The lowest BCUT2D eigenvalue weighted by molar-refractivity contribution is -0.156. The molecule has 2 atom stereocenters. The predicted molar refractivity (Wildman–Crippen MR) is 61.4 cm³/mol. The number of ether oxygens (including phenoxy) is 2. The highest BCUT2D eigenvalue weighted by Crippen LogP contribution is 2.58. The molecule has 4 heteroatoms. The maximum absolute atomic E-state index is 11.9. The first kappa shape index (κ1) is 12.6. The molecule has 1 aliphatic carbocycles. The molecule has 96 valence electrons. The van der Waals surface area contributed by atoms with E-state index in [0.29, 0.717) is 6.61 Å². The standard InChI is InChI=1S/C13H20O4/c1-12(2,3)17-11(15)6-10(14)9-7-13(9)4-5-16-8-13/h9H,4-8H2,1-3H3/t9-,13-/m0/s1. The molecule has 0 bridgehead atoms. The second-order valence-corrected chi connectivity index (χ2v) is 6.15. The number of carbonyl (C=O) groups excluding carboxylic acids is 2. The van der Waals surface area contributed by atoms with Crippen molar-refractivity contribution in [3.05, 3.63) is 0 Å². The summed E-state index contributed by atoms with van der Waals surface area (Å²) >= 11 is 0. The average molecular weight is 240 g/mol. The molecule has 1 saturated carbocycles. The van der Waals surface area contributed by atoms with Crippen molar-refractivity contribution < 1.29 is 19.1 Å². The summed E-state index contributed by atoms with van der Waals surface area (Å²) in [6.45, 7) is 6.84. The number of hydrogen-bond acceptors (Lipinski definition) is 4. The minimum atomic E-state index is -0.519. The second kappa shape index (κ2) is 4.09. The van der Waals surface area contributed by atoms with E-state index in [-0.39, 0.29) is 23.5 Å². The molecular weight excluding hydrogens is 220 g/mol. The van der Waals surface area contributed by atoms with Gasteiger partial charge >= 0.3 is 5.97 Å². The molecule has 0 unspecified atom stereocenters. The Morgan fingerprint density at radius 3 is 2.65 bits per heavy atom. The fourth-order valence-corrected chi connectivity index (χ4v) is 2.50. The number of Topliss-reactive ketones (excluding diaryl/α,β-unsaturated/α-hetero) is 1. The topological polar surface area (TPSA) is 52.6 Å². The Kier molecular flexibility index (Phi) is 3.02. The summed E-state index contributed by atoms with van der Waals surface area (Å²) in [6, 6.07) is 0. The van der Waals surface area contributed by atoms with E-state index in [1.165, 1.54) is 0 Å². The van der Waals surface area contributed by atoms with Gasteiger partial charge in [0.1, 0.15) is 17.8 Å². The van der Waals surface area contributed by atoms with Crippen LogP contribution >= 0.6 is 0 Å². The predicted octanol–water partition coefficient (Wildman–Crippen LogP) is 1.71. The molecule has 1 aliphatic heterocycles. The van der Waals surface area contributed by atoms with Crippen LogP contribution in [-0.4, -0.2) is 30.6 Å². The van der Waals surface area contributed by atoms with Crippen molar-refractivity contribution in [2.75, 3.05) is 13.2 Å². The Morgan fingerprint density at radius 1 is 1.41 bits per heavy atom. The lowest BCUT2D eigenvalue weighted by Crippen LogP contribution is -2.26. The van der Waals surface area contributed by atoms with Gasteiger partial charge in [0.15, 0.2) is 0 Å². The Balaban J connectivity index is 1.81. The van der Waals surface area contributed by atoms with E-state index in [1.54, 1.807) is 20.8 Å². The van der Waals surface area contributed by atoms with Crippen molar-refractivity contribution in [1.29, 1.82) is 0 Å². The minimum absolute atomic E-state index is 0.0183. The van der Waals surface area contributed by atoms with Crippen LogP contribution in [0.25, 0.3) is 0 Å². The van der Waals surface area contributed by atoms with Gasteiger partial charge in [-0.15, -0.1) is 0 Å². The van der Waals surface area contributed by atoms with Crippen molar-refractivity contribution in [3.8, 4) is 0 Å². The third-order valence-corrected chi connectivity index (χ3v) is 3.45. The SMILES string of the molecule is CC(C)(C)OC(=O)CC(=O)[C@@H]1C[C@]12CCOC2. The fraction of sp³-hybridized carbons (Fsp3) is 0.846. The maximum atomic E-state index is 11.9. The molecular formula is C13H20O4. The zero-order valence-electron chi connectivity index (χ0n) is 10.7. The first-order valence-electron chi connectivity index (χ1n) is 6.15.